The van der Waals surface area contributed by atoms with E-state index in [2.05, 4.69) is 77.7 Å². The van der Waals surface area contributed by atoms with E-state index in [0.29, 0.717) is 18.5 Å². The minimum Gasteiger partial charge on any atom is -0.387 e. The number of benzene rings is 1. The molecule has 226 valence electrons. The summed E-state index contributed by atoms with van der Waals surface area (Å²) < 4.78 is 7.35. The maximum absolute atomic E-state index is 12.7. The second-order valence-electron chi connectivity index (χ2n) is 13.3. The molecule has 1 saturated heterocycles. The molecular weight excluding hydrogens is 536 g/mol. The lowest BCUT2D eigenvalue weighted by molar-refractivity contribution is -0.0630. The molecule has 1 saturated carbocycles. The van der Waals surface area contributed by atoms with Gasteiger partial charge < -0.3 is 30.7 Å². The molecule has 0 radical (unpaired) electrons. The minimum absolute atomic E-state index is 0.0962. The monoisotopic (exact) mass is 578 g/mol. The average molecular weight is 579 g/mol. The highest BCUT2D eigenvalue weighted by Crippen LogP contribution is 2.38. The number of aromatic nitrogens is 6. The second-order valence-corrected chi connectivity index (χ2v) is 13.3. The second kappa shape index (κ2) is 10.7. The number of anilines is 1. The van der Waals surface area contributed by atoms with Gasteiger partial charge in [-0.05, 0) is 62.1 Å². The lowest BCUT2D eigenvalue weighted by Gasteiger charge is -2.46. The Morgan fingerprint density at radius 3 is 2.64 bits per heavy atom. The average Bonchev–Trinajstić information content (AvgIpc) is 3.55. The molecule has 0 spiro atoms. The fourth-order valence-electron chi connectivity index (χ4n) is 6.47. The molecule has 42 heavy (non-hydrogen) atoms. The number of nitrogens with zero attached hydrogens (tertiary/aromatic N) is 5. The summed E-state index contributed by atoms with van der Waals surface area (Å²) in [5.74, 6) is 1.75. The topological polar surface area (TPSA) is 171 Å². The smallest absolute Gasteiger partial charge is 0.330 e. The largest absolute Gasteiger partial charge is 0.387 e. The number of aliphatic hydroxyl groups is 2. The van der Waals surface area contributed by atoms with E-state index in [4.69, 9.17) is 15.5 Å². The van der Waals surface area contributed by atoms with Gasteiger partial charge in [0.05, 0.1) is 11.0 Å². The SMILES string of the molecule is CC(C)N(C[C@H]1O[C@@H](n2c(=O)[nH]c3c(N)ncnc32)[C@H](O)[C@@H]1O)C1CC(CCc2nc3ccc(C(C)(C)C)cc3[nH]2)C1. The summed E-state index contributed by atoms with van der Waals surface area (Å²) >= 11 is 0. The van der Waals surface area contributed by atoms with Gasteiger partial charge in [-0.25, -0.2) is 24.3 Å². The van der Waals surface area contributed by atoms with Crippen LogP contribution >= 0.6 is 0 Å². The molecule has 4 aromatic rings. The van der Waals surface area contributed by atoms with Gasteiger partial charge in [-0.2, -0.15) is 0 Å². The van der Waals surface area contributed by atoms with Crippen LogP contribution in [0.3, 0.4) is 0 Å². The van der Waals surface area contributed by atoms with Gasteiger partial charge in [0.15, 0.2) is 17.7 Å². The maximum Gasteiger partial charge on any atom is 0.330 e. The number of nitrogens with two attached hydrogens (primary N) is 1. The molecule has 1 aliphatic heterocycles. The van der Waals surface area contributed by atoms with E-state index in [1.54, 1.807) is 0 Å². The molecule has 3 aromatic heterocycles. The van der Waals surface area contributed by atoms with Crippen LogP contribution < -0.4 is 11.4 Å². The van der Waals surface area contributed by atoms with Gasteiger partial charge in [0.25, 0.3) is 0 Å². The van der Waals surface area contributed by atoms with Crippen LogP contribution in [0.2, 0.25) is 0 Å². The zero-order valence-electron chi connectivity index (χ0n) is 24.9. The Labute approximate surface area is 244 Å². The van der Waals surface area contributed by atoms with Crippen LogP contribution in [0.15, 0.2) is 29.3 Å². The Balaban J connectivity index is 1.07. The summed E-state index contributed by atoms with van der Waals surface area (Å²) in [5.41, 5.74) is 9.35. The number of ether oxygens (including phenoxy) is 1. The molecule has 6 rings (SSSR count). The van der Waals surface area contributed by atoms with Crippen LogP contribution in [-0.4, -0.2) is 81.5 Å². The minimum atomic E-state index is -1.30. The number of H-pyrrole nitrogens is 2. The zero-order chi connectivity index (χ0) is 29.9. The fourth-order valence-corrected chi connectivity index (χ4v) is 6.47. The Hall–Kier alpha value is -3.32. The van der Waals surface area contributed by atoms with Gasteiger partial charge >= 0.3 is 5.69 Å². The first-order valence-corrected chi connectivity index (χ1v) is 14.9. The zero-order valence-corrected chi connectivity index (χ0v) is 24.9. The number of hydrogen-bond acceptors (Lipinski definition) is 9. The van der Waals surface area contributed by atoms with E-state index in [1.165, 1.54) is 16.5 Å². The van der Waals surface area contributed by atoms with E-state index < -0.39 is 30.2 Å². The number of hydrogen-bond donors (Lipinski definition) is 5. The number of aromatic amines is 2. The van der Waals surface area contributed by atoms with Crippen molar-refractivity contribution in [3.05, 3.63) is 46.4 Å². The van der Waals surface area contributed by atoms with Crippen molar-refractivity contribution in [2.24, 2.45) is 5.92 Å². The van der Waals surface area contributed by atoms with Crippen LogP contribution in [-0.2, 0) is 16.6 Å². The fraction of sp³-hybridized carbons (Fsp3) is 0.600. The van der Waals surface area contributed by atoms with Crippen molar-refractivity contribution in [3.8, 4) is 0 Å². The van der Waals surface area contributed by atoms with Crippen molar-refractivity contribution < 1.29 is 14.9 Å². The predicted molar refractivity (Wildman–Crippen MR) is 160 cm³/mol. The number of nitrogens with one attached hydrogen (secondary N) is 2. The first-order valence-electron chi connectivity index (χ1n) is 14.9. The number of nitrogen functional groups attached to an aromatic ring is 1. The molecule has 12 heteroatoms. The molecule has 0 unspecified atom stereocenters. The summed E-state index contributed by atoms with van der Waals surface area (Å²) in [6.45, 7) is 11.4. The normalized spacial score (nSPS) is 26.6. The highest BCUT2D eigenvalue weighted by atomic mass is 16.6. The van der Waals surface area contributed by atoms with Crippen molar-refractivity contribution in [3.63, 3.8) is 0 Å². The molecule has 1 aromatic carbocycles. The van der Waals surface area contributed by atoms with E-state index >= 15 is 0 Å². The van der Waals surface area contributed by atoms with Crippen LogP contribution in [0.5, 0.6) is 0 Å². The number of aliphatic hydroxyl groups excluding tert-OH is 2. The Morgan fingerprint density at radius 1 is 1.17 bits per heavy atom. The first-order chi connectivity index (χ1) is 19.9. The predicted octanol–water partition coefficient (Wildman–Crippen LogP) is 2.62. The molecule has 12 nitrogen and oxygen atoms in total. The molecule has 4 heterocycles. The molecule has 4 atom stereocenters. The summed E-state index contributed by atoms with van der Waals surface area (Å²) in [5, 5.41) is 21.8. The molecule has 0 amide bonds. The van der Waals surface area contributed by atoms with E-state index in [1.807, 2.05) is 0 Å². The first kappa shape index (κ1) is 28.8. The van der Waals surface area contributed by atoms with E-state index in [0.717, 1.165) is 42.5 Å². The molecule has 6 N–H and O–H groups in total. The Morgan fingerprint density at radius 2 is 1.93 bits per heavy atom. The summed E-state index contributed by atoms with van der Waals surface area (Å²) in [7, 11) is 0. The third kappa shape index (κ3) is 5.21. The van der Waals surface area contributed by atoms with Gasteiger partial charge in [0.2, 0.25) is 0 Å². The Bertz CT molecular complexity index is 1630. The summed E-state index contributed by atoms with van der Waals surface area (Å²) in [6, 6.07) is 7.06. The van der Waals surface area contributed by atoms with Gasteiger partial charge in [-0.15, -0.1) is 0 Å². The third-order valence-electron chi connectivity index (χ3n) is 9.05. The summed E-state index contributed by atoms with van der Waals surface area (Å²) in [4.78, 5) is 34.1. The van der Waals surface area contributed by atoms with Crippen molar-refractivity contribution in [1.82, 2.24) is 34.4 Å². The van der Waals surface area contributed by atoms with Crippen LogP contribution in [0.4, 0.5) is 5.82 Å². The van der Waals surface area contributed by atoms with Crippen molar-refractivity contribution in [1.29, 1.82) is 0 Å². The highest BCUT2D eigenvalue weighted by Gasteiger charge is 2.47. The quantitative estimate of drug-likeness (QED) is 0.211. The number of aryl methyl sites for hydroxylation is 1. The van der Waals surface area contributed by atoms with Gasteiger partial charge in [-0.3, -0.25) is 4.90 Å². The van der Waals surface area contributed by atoms with Crippen molar-refractivity contribution >= 4 is 28.0 Å². The van der Waals surface area contributed by atoms with Crippen molar-refractivity contribution in [2.45, 2.75) is 102 Å². The van der Waals surface area contributed by atoms with Crippen molar-refractivity contribution in [2.75, 3.05) is 12.3 Å². The molecular formula is C30H42N8O4. The maximum atomic E-state index is 12.7. The lowest BCUT2D eigenvalue weighted by atomic mass is 9.76. The molecule has 2 fully saturated rings. The number of fused-ring (bicyclic) bond motifs is 2. The van der Waals surface area contributed by atoms with Crippen LogP contribution in [0, 0.1) is 5.92 Å². The van der Waals surface area contributed by atoms with Crippen LogP contribution in [0.1, 0.15) is 71.5 Å². The third-order valence-corrected chi connectivity index (χ3v) is 9.05. The van der Waals surface area contributed by atoms with E-state index in [-0.39, 0.29) is 28.4 Å². The van der Waals surface area contributed by atoms with Crippen LogP contribution in [0.25, 0.3) is 22.2 Å². The number of rotatable bonds is 8. The Kier molecular flexibility index (Phi) is 7.37. The number of imidazole rings is 2. The summed E-state index contributed by atoms with van der Waals surface area (Å²) in [6.07, 6.45) is 1.11. The highest BCUT2D eigenvalue weighted by molar-refractivity contribution is 5.81. The van der Waals surface area contributed by atoms with E-state index in [9.17, 15) is 15.0 Å². The van der Waals surface area contributed by atoms with Gasteiger partial charge in [0, 0.05) is 25.0 Å². The standard InChI is InChI=1S/C30H42N8O4/c1-15(2)37(13-21-24(39)25(40)28(42-21)38-27-23(36-29(38)41)26(31)32-14-33-27)18-10-16(11-18)6-9-22-34-19-8-7-17(30(3,4)5)12-20(19)35-22/h7-8,12,14-16,18,21,24-25,28,39-40H,6,9-11,13H2,1-5H3,(H,34,35)(H,36,41)(H2,31,32,33)/t16?,18?,21-,24-,25-,28-/m1/s1. The molecule has 2 aliphatic rings. The van der Waals surface area contributed by atoms with Gasteiger partial charge in [0.1, 0.15) is 36.0 Å². The lowest BCUT2D eigenvalue weighted by Crippen LogP contribution is -2.52. The molecule has 1 aliphatic carbocycles. The molecule has 0 bridgehead atoms. The van der Waals surface area contributed by atoms with Gasteiger partial charge in [-0.1, -0.05) is 26.8 Å².